The number of rotatable bonds is 5. The van der Waals surface area contributed by atoms with Crippen LogP contribution in [-0.4, -0.2) is 22.9 Å². The Bertz CT molecular complexity index is 569. The van der Waals surface area contributed by atoms with Crippen LogP contribution in [0.25, 0.3) is 0 Å². The fourth-order valence-electron chi connectivity index (χ4n) is 1.56. The predicted octanol–water partition coefficient (Wildman–Crippen LogP) is 1.09. The van der Waals surface area contributed by atoms with E-state index in [0.717, 1.165) is 12.1 Å². The van der Waals surface area contributed by atoms with Crippen molar-refractivity contribution in [3.8, 4) is 11.6 Å². The van der Waals surface area contributed by atoms with E-state index in [1.54, 1.807) is 12.1 Å². The Labute approximate surface area is 110 Å². The summed E-state index contributed by atoms with van der Waals surface area (Å²) in [5, 5.41) is 3.05. The zero-order valence-electron chi connectivity index (χ0n) is 10.5. The van der Waals surface area contributed by atoms with E-state index in [1.807, 2.05) is 19.2 Å². The largest absolute Gasteiger partial charge is 0.437 e. The topological polar surface area (TPSA) is 90.1 Å². The quantitative estimate of drug-likeness (QED) is 0.837. The summed E-state index contributed by atoms with van der Waals surface area (Å²) in [6.45, 7) is 0.776. The molecule has 0 atom stereocenters. The van der Waals surface area contributed by atoms with Crippen LogP contribution in [-0.2, 0) is 6.54 Å². The number of amides is 1. The highest BCUT2D eigenvalue weighted by molar-refractivity contribution is 5.92. The van der Waals surface area contributed by atoms with E-state index in [0.29, 0.717) is 5.75 Å². The summed E-state index contributed by atoms with van der Waals surface area (Å²) in [6.07, 6.45) is 2.83. The Morgan fingerprint density at radius 1 is 1.26 bits per heavy atom. The molecule has 0 spiro atoms. The van der Waals surface area contributed by atoms with Gasteiger partial charge in [-0.1, -0.05) is 12.1 Å². The summed E-state index contributed by atoms with van der Waals surface area (Å²) in [7, 11) is 1.88. The first-order valence-corrected chi connectivity index (χ1v) is 5.73. The Balaban J connectivity index is 2.19. The number of nitrogens with two attached hydrogens (primary N) is 1. The number of carbonyl (C=O) groups excluding carboxylic acids is 1. The second-order valence-electron chi connectivity index (χ2n) is 3.85. The first kappa shape index (κ1) is 13.0. The first-order valence-electron chi connectivity index (χ1n) is 5.73. The third-order valence-corrected chi connectivity index (χ3v) is 2.42. The third kappa shape index (κ3) is 3.26. The SMILES string of the molecule is CNCc1ccc(Oc2nccnc2C(N)=O)cc1. The van der Waals surface area contributed by atoms with Crippen molar-refractivity contribution in [1.82, 2.24) is 15.3 Å². The molecule has 0 fully saturated rings. The lowest BCUT2D eigenvalue weighted by atomic mass is 10.2. The summed E-state index contributed by atoms with van der Waals surface area (Å²) >= 11 is 0. The van der Waals surface area contributed by atoms with Gasteiger partial charge in [-0.15, -0.1) is 0 Å². The van der Waals surface area contributed by atoms with Gasteiger partial charge in [0.1, 0.15) is 5.75 Å². The molecule has 6 nitrogen and oxygen atoms in total. The zero-order valence-corrected chi connectivity index (χ0v) is 10.5. The van der Waals surface area contributed by atoms with E-state index < -0.39 is 5.91 Å². The Kier molecular flexibility index (Phi) is 4.04. The van der Waals surface area contributed by atoms with Crippen molar-refractivity contribution in [1.29, 1.82) is 0 Å². The fourth-order valence-corrected chi connectivity index (χ4v) is 1.56. The standard InChI is InChI=1S/C13H14N4O2/c1-15-8-9-2-4-10(5-3-9)19-13-11(12(14)18)16-6-7-17-13/h2-7,15H,8H2,1H3,(H2,14,18). The van der Waals surface area contributed by atoms with Crippen LogP contribution in [0.4, 0.5) is 0 Å². The number of nitrogens with zero attached hydrogens (tertiary/aromatic N) is 2. The number of aromatic nitrogens is 2. The van der Waals surface area contributed by atoms with Crippen molar-refractivity contribution in [2.75, 3.05) is 7.05 Å². The van der Waals surface area contributed by atoms with Gasteiger partial charge in [-0.25, -0.2) is 9.97 Å². The molecule has 0 aliphatic heterocycles. The number of nitrogens with one attached hydrogen (secondary N) is 1. The van der Waals surface area contributed by atoms with Crippen LogP contribution in [0.3, 0.4) is 0 Å². The van der Waals surface area contributed by atoms with Gasteiger partial charge in [0.2, 0.25) is 0 Å². The summed E-state index contributed by atoms with van der Waals surface area (Å²) < 4.78 is 5.51. The fraction of sp³-hybridized carbons (Fsp3) is 0.154. The van der Waals surface area contributed by atoms with E-state index >= 15 is 0 Å². The lowest BCUT2D eigenvalue weighted by Gasteiger charge is -2.07. The molecule has 0 aliphatic rings. The maximum Gasteiger partial charge on any atom is 0.272 e. The number of hydrogen-bond donors (Lipinski definition) is 2. The maximum atomic E-state index is 11.2. The van der Waals surface area contributed by atoms with Crippen molar-refractivity contribution in [2.24, 2.45) is 5.73 Å². The van der Waals surface area contributed by atoms with Gasteiger partial charge in [-0.3, -0.25) is 4.79 Å². The first-order chi connectivity index (χ1) is 9.20. The lowest BCUT2D eigenvalue weighted by Crippen LogP contribution is -2.14. The summed E-state index contributed by atoms with van der Waals surface area (Å²) in [6, 6.07) is 7.44. The van der Waals surface area contributed by atoms with Gasteiger partial charge in [0, 0.05) is 18.9 Å². The Morgan fingerprint density at radius 2 is 1.95 bits per heavy atom. The number of hydrogen-bond acceptors (Lipinski definition) is 5. The Hall–Kier alpha value is -2.47. The number of carbonyl (C=O) groups is 1. The van der Waals surface area contributed by atoms with Crippen molar-refractivity contribution >= 4 is 5.91 Å². The summed E-state index contributed by atoms with van der Waals surface area (Å²) in [5.41, 5.74) is 6.35. The minimum atomic E-state index is -0.671. The maximum absolute atomic E-state index is 11.2. The van der Waals surface area contributed by atoms with E-state index in [9.17, 15) is 4.79 Å². The molecule has 98 valence electrons. The van der Waals surface area contributed by atoms with Crippen LogP contribution < -0.4 is 15.8 Å². The highest BCUT2D eigenvalue weighted by Crippen LogP contribution is 2.21. The molecular formula is C13H14N4O2. The molecule has 1 amide bonds. The van der Waals surface area contributed by atoms with Gasteiger partial charge in [0.15, 0.2) is 5.69 Å². The van der Waals surface area contributed by atoms with Crippen molar-refractivity contribution in [3.05, 3.63) is 47.9 Å². The van der Waals surface area contributed by atoms with E-state index in [4.69, 9.17) is 10.5 Å². The van der Waals surface area contributed by atoms with Crippen molar-refractivity contribution < 1.29 is 9.53 Å². The average molecular weight is 258 g/mol. The van der Waals surface area contributed by atoms with E-state index in [2.05, 4.69) is 15.3 Å². The number of primary amides is 1. The molecular weight excluding hydrogens is 244 g/mol. The van der Waals surface area contributed by atoms with Gasteiger partial charge < -0.3 is 15.8 Å². The van der Waals surface area contributed by atoms with Crippen LogP contribution >= 0.6 is 0 Å². The van der Waals surface area contributed by atoms with Crippen LogP contribution in [0, 0.1) is 0 Å². The average Bonchev–Trinajstić information content (AvgIpc) is 2.42. The lowest BCUT2D eigenvalue weighted by molar-refractivity contribution is 0.0992. The van der Waals surface area contributed by atoms with Gasteiger partial charge >= 0.3 is 0 Å². The molecule has 6 heteroatoms. The van der Waals surface area contributed by atoms with Crippen LogP contribution in [0.15, 0.2) is 36.7 Å². The molecule has 3 N–H and O–H groups in total. The molecule has 0 saturated carbocycles. The van der Waals surface area contributed by atoms with Crippen molar-refractivity contribution in [2.45, 2.75) is 6.54 Å². The minimum Gasteiger partial charge on any atom is -0.437 e. The summed E-state index contributed by atoms with van der Waals surface area (Å²) in [4.78, 5) is 19.0. The van der Waals surface area contributed by atoms with Crippen LogP contribution in [0.1, 0.15) is 16.1 Å². The summed E-state index contributed by atoms with van der Waals surface area (Å²) in [5.74, 6) is 0.00845. The molecule has 1 aromatic heterocycles. The predicted molar refractivity (Wildman–Crippen MR) is 69.8 cm³/mol. The molecule has 0 aliphatic carbocycles. The normalized spacial score (nSPS) is 10.2. The number of ether oxygens (including phenoxy) is 1. The van der Waals surface area contributed by atoms with Crippen molar-refractivity contribution in [3.63, 3.8) is 0 Å². The van der Waals surface area contributed by atoms with Gasteiger partial charge in [0.25, 0.3) is 11.8 Å². The van der Waals surface area contributed by atoms with E-state index in [-0.39, 0.29) is 11.6 Å². The highest BCUT2D eigenvalue weighted by atomic mass is 16.5. The minimum absolute atomic E-state index is 0.0156. The molecule has 2 rings (SSSR count). The number of benzene rings is 1. The van der Waals surface area contributed by atoms with Gasteiger partial charge in [0.05, 0.1) is 0 Å². The molecule has 0 bridgehead atoms. The van der Waals surface area contributed by atoms with Gasteiger partial charge in [-0.05, 0) is 24.7 Å². The van der Waals surface area contributed by atoms with Gasteiger partial charge in [-0.2, -0.15) is 0 Å². The monoisotopic (exact) mass is 258 g/mol. The molecule has 0 radical (unpaired) electrons. The zero-order chi connectivity index (χ0) is 13.7. The molecule has 2 aromatic rings. The van der Waals surface area contributed by atoms with E-state index in [1.165, 1.54) is 12.4 Å². The molecule has 19 heavy (non-hydrogen) atoms. The molecule has 1 aromatic carbocycles. The smallest absolute Gasteiger partial charge is 0.272 e. The highest BCUT2D eigenvalue weighted by Gasteiger charge is 2.12. The second-order valence-corrected chi connectivity index (χ2v) is 3.85. The third-order valence-electron chi connectivity index (χ3n) is 2.42. The molecule has 0 saturated heterocycles. The molecule has 0 unspecified atom stereocenters. The van der Waals surface area contributed by atoms with Crippen LogP contribution in [0.5, 0.6) is 11.6 Å². The Morgan fingerprint density at radius 3 is 2.58 bits per heavy atom. The molecule has 1 heterocycles. The second kappa shape index (κ2) is 5.92. The van der Waals surface area contributed by atoms with Crippen LogP contribution in [0.2, 0.25) is 0 Å².